The molecule has 13 aromatic carbocycles. The normalized spacial score (nSPS) is 11.9. The van der Waals surface area contributed by atoms with Crippen molar-refractivity contribution in [3.05, 3.63) is 265 Å². The lowest BCUT2D eigenvalue weighted by Gasteiger charge is -2.27. The summed E-state index contributed by atoms with van der Waals surface area (Å²) in [6, 6.07) is 89.5. The molecule has 0 bridgehead atoms. The van der Waals surface area contributed by atoms with E-state index in [0.717, 1.165) is 154 Å². The molecule has 394 valence electrons. The van der Waals surface area contributed by atoms with Crippen molar-refractivity contribution >= 4 is 143 Å². The Morgan fingerprint density at radius 2 is 0.750 bits per heavy atom. The zero-order valence-electron chi connectivity index (χ0n) is 45.6. The molecule has 17 aromatic rings. The van der Waals surface area contributed by atoms with Gasteiger partial charge in [0.1, 0.15) is 22.3 Å². The van der Waals surface area contributed by atoms with Crippen molar-refractivity contribution in [2.45, 2.75) is 13.8 Å². The first-order chi connectivity index (χ1) is 41.4. The Morgan fingerprint density at radius 3 is 1.26 bits per heavy atom. The van der Waals surface area contributed by atoms with E-state index in [1.54, 1.807) is 0 Å². The number of furan rings is 4. The number of nitriles is 1. The number of aryl methyl sites for hydroxylation is 2. The third-order valence-corrected chi connectivity index (χ3v) is 17.1. The molecule has 0 aliphatic heterocycles. The maximum absolute atomic E-state index is 10.9. The second kappa shape index (κ2) is 18.3. The lowest BCUT2D eigenvalue weighted by Crippen LogP contribution is -2.11. The first kappa shape index (κ1) is 47.5. The second-order valence-electron chi connectivity index (χ2n) is 21.9. The van der Waals surface area contributed by atoms with Crippen LogP contribution < -0.4 is 9.80 Å². The van der Waals surface area contributed by atoms with Gasteiger partial charge in [-0.1, -0.05) is 170 Å². The van der Waals surface area contributed by atoms with Crippen LogP contribution in [0.3, 0.4) is 0 Å². The predicted molar refractivity (Wildman–Crippen MR) is 345 cm³/mol. The van der Waals surface area contributed by atoms with Gasteiger partial charge in [0.2, 0.25) is 0 Å². The monoisotopic (exact) mass is 1080 g/mol. The fraction of sp³-hybridized carbons (Fsp3) is 0.0260. The number of rotatable bonds is 8. The Balaban J connectivity index is 0.800. The van der Waals surface area contributed by atoms with E-state index in [9.17, 15) is 5.26 Å². The molecule has 0 saturated heterocycles. The second-order valence-corrected chi connectivity index (χ2v) is 21.9. The molecular weight excluding hydrogens is 1030 g/mol. The minimum atomic E-state index is 0.523. The lowest BCUT2D eigenvalue weighted by atomic mass is 9.99. The molecule has 0 aliphatic rings. The third kappa shape index (κ3) is 7.17. The highest BCUT2D eigenvalue weighted by Crippen LogP contribution is 2.49. The number of hydrogen-bond acceptors (Lipinski definition) is 7. The van der Waals surface area contributed by atoms with Crippen LogP contribution in [0.4, 0.5) is 34.1 Å². The Kier molecular flexibility index (Phi) is 10.4. The quantitative estimate of drug-likeness (QED) is 0.150. The van der Waals surface area contributed by atoms with Crippen LogP contribution in [0, 0.1) is 25.2 Å². The van der Waals surface area contributed by atoms with Crippen molar-refractivity contribution in [2.24, 2.45) is 0 Å². The first-order valence-corrected chi connectivity index (χ1v) is 28.3. The fourth-order valence-electron chi connectivity index (χ4n) is 13.1. The van der Waals surface area contributed by atoms with Crippen LogP contribution in [0.5, 0.6) is 0 Å². The van der Waals surface area contributed by atoms with Gasteiger partial charge in [0.15, 0.2) is 22.3 Å². The average Bonchev–Trinajstić information content (AvgIpc) is 1.87. The smallest absolute Gasteiger partial charge is 0.179 e. The predicted octanol–water partition coefficient (Wildman–Crippen LogP) is 22.4. The molecule has 7 heteroatoms. The van der Waals surface area contributed by atoms with Gasteiger partial charge in [-0.2, -0.15) is 5.26 Å². The molecule has 0 spiro atoms. The van der Waals surface area contributed by atoms with Crippen molar-refractivity contribution in [3.63, 3.8) is 0 Å². The van der Waals surface area contributed by atoms with Crippen LogP contribution >= 0.6 is 0 Å². The highest BCUT2D eigenvalue weighted by molar-refractivity contribution is 6.24. The van der Waals surface area contributed by atoms with Crippen molar-refractivity contribution < 1.29 is 17.7 Å². The van der Waals surface area contributed by atoms with Gasteiger partial charge in [0.25, 0.3) is 0 Å². The largest absolute Gasteiger partial charge is 0.453 e. The van der Waals surface area contributed by atoms with Crippen LogP contribution in [0.1, 0.15) is 16.7 Å². The molecule has 0 unspecified atom stereocenters. The van der Waals surface area contributed by atoms with Gasteiger partial charge in [-0.15, -0.1) is 0 Å². The lowest BCUT2D eigenvalue weighted by molar-refractivity contribution is 0.634. The molecular formula is C77H47N3O4. The summed E-state index contributed by atoms with van der Waals surface area (Å²) in [6.07, 6.45) is 0. The summed E-state index contributed by atoms with van der Waals surface area (Å²) in [5.41, 5.74) is 18.8. The third-order valence-electron chi connectivity index (χ3n) is 17.1. The van der Waals surface area contributed by atoms with E-state index >= 15 is 0 Å². The summed E-state index contributed by atoms with van der Waals surface area (Å²) in [5.74, 6) is 0. The van der Waals surface area contributed by atoms with Gasteiger partial charge < -0.3 is 27.5 Å². The Morgan fingerprint density at radius 1 is 0.310 bits per heavy atom. The molecule has 0 fully saturated rings. The van der Waals surface area contributed by atoms with Crippen molar-refractivity contribution in [3.8, 4) is 28.3 Å². The zero-order valence-corrected chi connectivity index (χ0v) is 45.6. The Bertz CT molecular complexity index is 5620. The number of hydrogen-bond donors (Lipinski definition) is 0. The molecule has 17 rings (SSSR count). The van der Waals surface area contributed by atoms with Gasteiger partial charge in [-0.25, -0.2) is 0 Å². The number of fused-ring (bicyclic) bond motifs is 15. The summed E-state index contributed by atoms with van der Waals surface area (Å²) in [7, 11) is 0. The minimum absolute atomic E-state index is 0.523. The molecule has 0 amide bonds. The van der Waals surface area contributed by atoms with Crippen LogP contribution in [0.15, 0.2) is 266 Å². The number of nitrogens with zero attached hydrogens (tertiary/aromatic N) is 3. The van der Waals surface area contributed by atoms with Gasteiger partial charge >= 0.3 is 0 Å². The van der Waals surface area contributed by atoms with Crippen LogP contribution in [-0.4, -0.2) is 0 Å². The molecule has 84 heavy (non-hydrogen) atoms. The SMILES string of the molecule is Cc1ccccc1N(c1ccc2cc3c(cc2c1)oc1c3cc(C#N)c2c3cc4ccc(N(c5ccccc5C)c5cccc6c5oc5c(-c7ccccc7)cccc56)cc4cc3oc12)c1cccc2c1oc1c(-c3ccccc3)cccc12. The first-order valence-electron chi connectivity index (χ1n) is 28.3. The van der Waals surface area contributed by atoms with E-state index in [-0.39, 0.29) is 0 Å². The van der Waals surface area contributed by atoms with Crippen molar-refractivity contribution in [1.82, 2.24) is 0 Å². The molecule has 0 saturated carbocycles. The van der Waals surface area contributed by atoms with Gasteiger partial charge in [-0.3, -0.25) is 0 Å². The zero-order chi connectivity index (χ0) is 55.7. The molecule has 4 aromatic heterocycles. The number of anilines is 6. The van der Waals surface area contributed by atoms with Crippen LogP contribution in [-0.2, 0) is 0 Å². The summed E-state index contributed by atoms with van der Waals surface area (Å²) < 4.78 is 27.9. The maximum atomic E-state index is 10.9. The standard InChI is InChI=1S/C77H47N3O4/c1-45-17-9-11-29-65(45)79(67-31-15-27-60-58-25-13-23-56(72(58)83-74(60)67)47-19-5-3-6-20-47)54-35-33-49-39-62-63-41-53(44-78)71-64-40-50-34-36-55(38-52(50)43-70(64)82-77(71)76(63)81-69(62)42-51(49)37-54)80(66-30-12-10-18-46(66)2)68-32-16-28-61-59-26-14-24-57(73(59)84-75(61)68)48-21-7-4-8-22-48/h3-43H,1-2H3. The van der Waals surface area contributed by atoms with Crippen LogP contribution in [0.2, 0.25) is 0 Å². The highest BCUT2D eigenvalue weighted by atomic mass is 16.4. The Labute approximate surface area is 481 Å². The molecule has 0 N–H and O–H groups in total. The van der Waals surface area contributed by atoms with E-state index in [4.69, 9.17) is 17.7 Å². The van der Waals surface area contributed by atoms with Gasteiger partial charge in [-0.05, 0) is 137 Å². The number of benzene rings is 13. The maximum Gasteiger partial charge on any atom is 0.179 e. The van der Waals surface area contributed by atoms with E-state index in [1.165, 1.54) is 0 Å². The summed E-state index contributed by atoms with van der Waals surface area (Å²) >= 11 is 0. The van der Waals surface area contributed by atoms with Crippen molar-refractivity contribution in [2.75, 3.05) is 9.80 Å². The van der Waals surface area contributed by atoms with E-state index in [0.29, 0.717) is 27.9 Å². The average molecular weight is 1080 g/mol. The fourth-order valence-corrected chi connectivity index (χ4v) is 13.1. The molecule has 0 atom stereocenters. The molecule has 4 heterocycles. The van der Waals surface area contributed by atoms with Gasteiger partial charge in [0.05, 0.1) is 23.0 Å². The van der Waals surface area contributed by atoms with Gasteiger partial charge in [0, 0.05) is 77.0 Å². The molecule has 0 radical (unpaired) electrons. The molecule has 7 nitrogen and oxygen atoms in total. The highest BCUT2D eigenvalue weighted by Gasteiger charge is 2.26. The molecule has 0 aliphatic carbocycles. The van der Waals surface area contributed by atoms with E-state index < -0.39 is 0 Å². The van der Waals surface area contributed by atoms with E-state index in [2.05, 4.69) is 260 Å². The summed E-state index contributed by atoms with van der Waals surface area (Å²) in [4.78, 5) is 4.60. The summed E-state index contributed by atoms with van der Waals surface area (Å²) in [5, 5.41) is 22.5. The van der Waals surface area contributed by atoms with Crippen molar-refractivity contribution in [1.29, 1.82) is 5.26 Å². The topological polar surface area (TPSA) is 82.8 Å². The Hall–Kier alpha value is -11.3. The van der Waals surface area contributed by atoms with Crippen LogP contribution in [0.25, 0.3) is 132 Å². The van der Waals surface area contributed by atoms with E-state index in [1.807, 2.05) is 18.2 Å². The minimum Gasteiger partial charge on any atom is -0.453 e. The summed E-state index contributed by atoms with van der Waals surface area (Å²) in [6.45, 7) is 4.29. The number of para-hydroxylation sites is 6.